The molecule has 708 valence electrons. The summed E-state index contributed by atoms with van der Waals surface area (Å²) in [5, 5.41) is 0. The van der Waals surface area contributed by atoms with Gasteiger partial charge in [-0.25, -0.2) is 0 Å². The van der Waals surface area contributed by atoms with Crippen LogP contribution in [0.2, 0.25) is 0 Å². The average molecular weight is 2560 g/mol. The van der Waals surface area contributed by atoms with E-state index in [1.807, 2.05) is 208 Å². The Kier molecular flexibility index (Phi) is 29.4. The van der Waals surface area contributed by atoms with Gasteiger partial charge >= 0.3 is 0 Å². The summed E-state index contributed by atoms with van der Waals surface area (Å²) in [5.41, 5.74) is 29.3. The van der Waals surface area contributed by atoms with E-state index in [9.17, 15) is 0 Å². The molecule has 0 unspecified atom stereocenters. The minimum atomic E-state index is -2.19. The molecule has 0 saturated carbocycles. The van der Waals surface area contributed by atoms with Crippen LogP contribution in [-0.2, 0) is 80.4 Å². The van der Waals surface area contributed by atoms with Gasteiger partial charge < -0.3 is 39.9 Å². The van der Waals surface area contributed by atoms with Crippen molar-refractivity contribution in [2.75, 3.05) is 0 Å². The van der Waals surface area contributed by atoms with Gasteiger partial charge in [-0.1, -0.05) is 220 Å². The molecule has 0 aliphatic heterocycles. The molecule has 4 radical (unpaired) electrons. The van der Waals surface area contributed by atoms with E-state index in [1.165, 1.54) is 119 Å². The largest absolute Gasteiger partial charge is 0.304 e. The fourth-order valence-electron chi connectivity index (χ4n) is 13.6. The van der Waals surface area contributed by atoms with E-state index in [-0.39, 0.29) is 125 Å². The van der Waals surface area contributed by atoms with Crippen LogP contribution in [0.25, 0.3) is 135 Å². The van der Waals surface area contributed by atoms with Gasteiger partial charge in [-0.15, -0.1) is 285 Å². The van der Waals surface area contributed by atoms with Gasteiger partial charge in [0.25, 0.3) is 0 Å². The van der Waals surface area contributed by atoms with Crippen LogP contribution in [0.1, 0.15) is 130 Å². The number of benzene rings is 12. The SMILES string of the molecule is Cc1cc(-c2[c-]cccc2)ncc1-c1ccccc1.Cc1cc(-c2[c-]cccc2)ncc1-c1ccccc1.[2H]C([2H])([2H])c1c[c-]c(-c2cc(C)c(C([2H])([2H])[2H])cn2)cc1.[2H]C([2H])([2H])c1c[c-]c(-c2cc(C)c(C([2H])([2H])[2H])cn2)cc1.[2H]C([2H])([2H])c1c[c-]c(-c2ccc(C([2H])([2H])[2H])cn2)cc1.[2H]C([2H])([2H])c1c[c-]c(-c2ccc(C([2H])([2H])[2H])cn2)cc1.[2H]C([2H])([2H])c1ccc(-c2cnc(-c3[c-]cccc3)cc2C)cc1.[2H]C([2H])([2H])c1ccc(-c2cnc(-c3[c-]cccc3)cc2C)cc1.[Ir].[Ir].[Ir].[Ir]. The van der Waals surface area contributed by atoms with Crippen molar-refractivity contribution >= 4 is 0 Å². The van der Waals surface area contributed by atoms with Crippen LogP contribution in [0.5, 0.6) is 0 Å². The first-order valence-electron chi connectivity index (χ1n) is 58.2. The molecule has 12 heteroatoms. The molecule has 0 aliphatic carbocycles. The fourth-order valence-corrected chi connectivity index (χ4v) is 13.6. The standard InChI is InChI=1S/2C19H16N.2C18H14N.2C14H14N.2C13H12N.4Ir/c2*1-14-8-10-16(11-9-14)18-13-20-19(12-15(18)2)17-6-4-3-5-7-17;2*1-14-12-18(16-10-6-3-7-11-16)19-13-17(14)15-8-4-2-5-9-15;2*1-10-4-6-13(7-5-10)14-8-11(2)12(3)9-15-14;2*1-10-3-6-12(7-4-10)13-8-5-11(2)9-14-13;;;;/h2*3-6,8-13H,1-2H3;2*2-10,12-13H,1H3;2*4-6,8-9H,1-3H3;2*3-6,8-9H,1-2H3;;;;/q8*-1;;;;/i2*1D3;;;2*1D3,3D3;2*1D3,2D3;;;;. The number of nitrogens with zero attached hydrogens (tertiary/aromatic N) is 8. The van der Waals surface area contributed by atoms with Crippen LogP contribution in [0, 0.1) is 159 Å². The van der Waals surface area contributed by atoms with Crippen molar-refractivity contribution in [2.45, 2.75) is 110 Å². The van der Waals surface area contributed by atoms with Crippen LogP contribution < -0.4 is 0 Å². The minimum Gasteiger partial charge on any atom is -0.304 e. The van der Waals surface area contributed by atoms with Crippen molar-refractivity contribution in [1.29, 1.82) is 0 Å². The van der Waals surface area contributed by atoms with Crippen LogP contribution in [0.15, 0.2) is 389 Å². The summed E-state index contributed by atoms with van der Waals surface area (Å²) >= 11 is 0. The quantitative estimate of drug-likeness (QED) is 0.111. The van der Waals surface area contributed by atoms with Gasteiger partial charge in [0.2, 0.25) is 0 Å². The van der Waals surface area contributed by atoms with E-state index in [4.69, 9.17) is 41.1 Å². The molecule has 0 fully saturated rings. The molecule has 0 atom stereocenters. The molecule has 8 aromatic heterocycles. The number of hydrogen-bond donors (Lipinski definition) is 0. The molecule has 12 aromatic carbocycles. The summed E-state index contributed by atoms with van der Waals surface area (Å²) in [4.78, 5) is 34.6. The molecule has 0 bridgehead atoms. The predicted octanol–water partition coefficient (Wildman–Crippen LogP) is 32.0. The Bertz CT molecular complexity index is 7800. The molecule has 8 nitrogen and oxygen atoms in total. The second-order valence-electron chi connectivity index (χ2n) is 31.1. The molecule has 140 heavy (non-hydrogen) atoms. The van der Waals surface area contributed by atoms with Crippen LogP contribution >= 0.6 is 0 Å². The monoisotopic (exact) mass is 2560 g/mol. The van der Waals surface area contributed by atoms with E-state index in [0.29, 0.717) is 67.3 Å². The predicted molar refractivity (Wildman–Crippen MR) is 566 cm³/mol. The van der Waals surface area contributed by atoms with Gasteiger partial charge in [-0.2, -0.15) is 0 Å². The van der Waals surface area contributed by atoms with E-state index in [1.54, 1.807) is 86.6 Å². The molecular formula is C128H112Ir4N8-8. The molecule has 0 saturated heterocycles. The Hall–Kier alpha value is -13.6. The number of aromatic nitrogens is 8. The molecule has 20 rings (SSSR count). The Morgan fingerprint density at radius 3 is 0.607 bits per heavy atom. The molecule has 0 aliphatic rings. The van der Waals surface area contributed by atoms with Gasteiger partial charge in [0.15, 0.2) is 0 Å². The van der Waals surface area contributed by atoms with E-state index in [0.717, 1.165) is 78.4 Å². The summed E-state index contributed by atoms with van der Waals surface area (Å²) in [7, 11) is 0. The maximum absolute atomic E-state index is 7.43. The Balaban J connectivity index is 0.000000212. The van der Waals surface area contributed by atoms with Crippen LogP contribution in [0.3, 0.4) is 0 Å². The van der Waals surface area contributed by atoms with Gasteiger partial charge in [0.1, 0.15) is 0 Å². The van der Waals surface area contributed by atoms with Crippen molar-refractivity contribution in [3.63, 3.8) is 0 Å². The van der Waals surface area contributed by atoms with Crippen molar-refractivity contribution in [2.24, 2.45) is 0 Å². The molecule has 0 N–H and O–H groups in total. The molecule has 0 spiro atoms. The summed E-state index contributed by atoms with van der Waals surface area (Å²) in [6.07, 6.45) is 12.8. The van der Waals surface area contributed by atoms with Gasteiger partial charge in [0, 0.05) is 193 Å². The second kappa shape index (κ2) is 55.9. The van der Waals surface area contributed by atoms with Crippen molar-refractivity contribution in [1.82, 2.24) is 39.9 Å². The number of aryl methyl sites for hydroxylation is 16. The van der Waals surface area contributed by atoms with Crippen LogP contribution in [0.4, 0.5) is 0 Å². The first-order valence-corrected chi connectivity index (χ1v) is 43.2. The summed E-state index contributed by atoms with van der Waals surface area (Å²) in [6.45, 7) is -9.80. The number of hydrogen-bond acceptors (Lipinski definition) is 8. The average Bonchev–Trinajstić information content (AvgIpc) is 0.808. The molecule has 20 aromatic rings. The van der Waals surface area contributed by atoms with Crippen molar-refractivity contribution in [3.8, 4) is 135 Å². The first kappa shape index (κ1) is 73.6. The summed E-state index contributed by atoms with van der Waals surface area (Å²) < 4.78 is 220. The third-order valence-corrected chi connectivity index (χ3v) is 21.0. The zero-order chi connectivity index (χ0) is 121. The number of pyridine rings is 8. The second-order valence-corrected chi connectivity index (χ2v) is 31.1. The Labute approximate surface area is 926 Å². The van der Waals surface area contributed by atoms with Crippen molar-refractivity contribution < 1.29 is 122 Å². The van der Waals surface area contributed by atoms with E-state index >= 15 is 0 Å². The van der Waals surface area contributed by atoms with E-state index in [2.05, 4.69) is 139 Å². The fraction of sp³-hybridized carbons (Fsp3) is 0.125. The third kappa shape index (κ3) is 32.8. The maximum atomic E-state index is 7.43. The maximum Gasteiger partial charge on any atom is 0.0280 e. The number of rotatable bonds is 12. The van der Waals surface area contributed by atoms with Crippen LogP contribution in [-0.4, -0.2) is 39.9 Å². The third-order valence-electron chi connectivity index (χ3n) is 21.0. The van der Waals surface area contributed by atoms with Crippen molar-refractivity contribution in [3.05, 3.63) is 527 Å². The first-order chi connectivity index (χ1) is 78.1. The zero-order valence-electron chi connectivity index (χ0n) is 107. The topological polar surface area (TPSA) is 103 Å². The minimum absolute atomic E-state index is 0. The summed E-state index contributed by atoms with van der Waals surface area (Å²) in [5.74, 6) is 0. The normalized spacial score (nSPS) is 14.1. The summed E-state index contributed by atoms with van der Waals surface area (Å²) in [6, 6.07) is 126. The van der Waals surface area contributed by atoms with Gasteiger partial charge in [0.05, 0.1) is 0 Å². The van der Waals surface area contributed by atoms with E-state index < -0.39 is 68.5 Å². The molecule has 0 amide bonds. The smallest absolute Gasteiger partial charge is 0.0280 e. The molecular weight excluding hydrogens is 2420 g/mol. The Morgan fingerprint density at radius 2 is 0.393 bits per heavy atom. The molecule has 8 heterocycles. The Morgan fingerprint density at radius 1 is 0.171 bits per heavy atom. The van der Waals surface area contributed by atoms with Gasteiger partial charge in [-0.3, -0.25) is 0 Å². The zero-order valence-corrected chi connectivity index (χ0v) is 86.4. The van der Waals surface area contributed by atoms with Gasteiger partial charge in [-0.05, 0) is 195 Å².